The fourth-order valence-electron chi connectivity index (χ4n) is 2.63. The predicted molar refractivity (Wildman–Crippen MR) is 73.4 cm³/mol. The van der Waals surface area contributed by atoms with Crippen molar-refractivity contribution in [2.75, 3.05) is 26.3 Å². The maximum absolute atomic E-state index is 11.2. The van der Waals surface area contributed by atoms with Gasteiger partial charge in [0.15, 0.2) is 0 Å². The molecule has 2 rings (SSSR count). The summed E-state index contributed by atoms with van der Waals surface area (Å²) in [5.41, 5.74) is 0.259. The first-order chi connectivity index (χ1) is 9.04. The minimum absolute atomic E-state index is 0.0245. The summed E-state index contributed by atoms with van der Waals surface area (Å²) in [4.78, 5) is 13.4. The van der Waals surface area contributed by atoms with Gasteiger partial charge in [0.2, 0.25) is 0 Å². The molecule has 0 aromatic heterocycles. The molecule has 1 heterocycles. The van der Waals surface area contributed by atoms with Gasteiger partial charge in [-0.05, 0) is 18.6 Å². The van der Waals surface area contributed by atoms with Crippen LogP contribution in [0.5, 0.6) is 0 Å². The summed E-state index contributed by atoms with van der Waals surface area (Å²) < 4.78 is 5.34. The second kappa shape index (κ2) is 5.90. The summed E-state index contributed by atoms with van der Waals surface area (Å²) in [5.74, 6) is -0.825. The van der Waals surface area contributed by atoms with Crippen LogP contribution < -0.4 is 0 Å². The minimum Gasteiger partial charge on any atom is -0.481 e. The Balaban J connectivity index is 2.38. The van der Waals surface area contributed by atoms with E-state index in [2.05, 4.69) is 4.90 Å². The number of rotatable bonds is 4. The van der Waals surface area contributed by atoms with Crippen molar-refractivity contribution in [3.05, 3.63) is 34.9 Å². The molecular weight excluding hydrogens is 266 g/mol. The van der Waals surface area contributed by atoms with Crippen LogP contribution >= 0.6 is 11.6 Å². The Morgan fingerprint density at radius 1 is 1.42 bits per heavy atom. The molecule has 5 heteroatoms. The molecule has 19 heavy (non-hydrogen) atoms. The number of hydrogen-bond acceptors (Lipinski definition) is 3. The molecule has 1 aliphatic rings. The van der Waals surface area contributed by atoms with Crippen molar-refractivity contribution >= 4 is 17.6 Å². The van der Waals surface area contributed by atoms with E-state index in [1.165, 1.54) is 0 Å². The van der Waals surface area contributed by atoms with E-state index < -0.39 is 11.5 Å². The third-order valence-corrected chi connectivity index (χ3v) is 3.99. The van der Waals surface area contributed by atoms with E-state index in [1.807, 2.05) is 25.1 Å². The van der Waals surface area contributed by atoms with Gasteiger partial charge in [0.05, 0.1) is 25.2 Å². The van der Waals surface area contributed by atoms with Gasteiger partial charge < -0.3 is 9.84 Å². The smallest absolute Gasteiger partial charge is 0.305 e. The van der Waals surface area contributed by atoms with E-state index in [-0.39, 0.29) is 6.42 Å². The molecule has 0 saturated carbocycles. The standard InChI is InChI=1S/C14H18ClNO3/c1-14(10-13(17)18,16-6-8-19-9-7-16)11-4-2-3-5-12(11)15/h2-5H,6-10H2,1H3,(H,17,18). The highest BCUT2D eigenvalue weighted by molar-refractivity contribution is 6.31. The van der Waals surface area contributed by atoms with Crippen LogP contribution in [0.15, 0.2) is 24.3 Å². The zero-order valence-corrected chi connectivity index (χ0v) is 11.7. The monoisotopic (exact) mass is 283 g/mol. The summed E-state index contributed by atoms with van der Waals surface area (Å²) >= 11 is 6.26. The molecule has 1 unspecified atom stereocenters. The van der Waals surface area contributed by atoms with Gasteiger partial charge in [-0.3, -0.25) is 9.69 Å². The number of nitrogens with zero attached hydrogens (tertiary/aromatic N) is 1. The fourth-order valence-corrected chi connectivity index (χ4v) is 2.97. The largest absolute Gasteiger partial charge is 0.481 e. The van der Waals surface area contributed by atoms with Crippen LogP contribution in [-0.4, -0.2) is 42.3 Å². The van der Waals surface area contributed by atoms with Crippen LogP contribution in [0.1, 0.15) is 18.9 Å². The Labute approximate surface area is 117 Å². The highest BCUT2D eigenvalue weighted by atomic mass is 35.5. The Morgan fingerprint density at radius 2 is 2.05 bits per heavy atom. The van der Waals surface area contributed by atoms with Gasteiger partial charge in [-0.2, -0.15) is 0 Å². The molecule has 0 bridgehead atoms. The number of aliphatic carboxylic acids is 1. The average molecular weight is 284 g/mol. The molecule has 1 aromatic rings. The third kappa shape index (κ3) is 3.08. The number of benzene rings is 1. The number of ether oxygens (including phenoxy) is 1. The van der Waals surface area contributed by atoms with E-state index in [4.69, 9.17) is 16.3 Å². The van der Waals surface area contributed by atoms with Crippen LogP contribution in [0.3, 0.4) is 0 Å². The Bertz CT molecular complexity index is 460. The summed E-state index contributed by atoms with van der Waals surface area (Å²) in [6, 6.07) is 7.45. The van der Waals surface area contributed by atoms with Crippen LogP contribution in [0.25, 0.3) is 0 Å². The van der Waals surface area contributed by atoms with E-state index in [1.54, 1.807) is 6.07 Å². The predicted octanol–water partition coefficient (Wildman–Crippen LogP) is 2.36. The molecule has 0 radical (unpaired) electrons. The maximum atomic E-state index is 11.2. The Kier molecular flexibility index (Phi) is 4.45. The van der Waals surface area contributed by atoms with E-state index in [0.29, 0.717) is 18.2 Å². The molecule has 0 amide bonds. The van der Waals surface area contributed by atoms with Gasteiger partial charge in [-0.25, -0.2) is 0 Å². The number of carboxylic acids is 1. The molecule has 1 N–H and O–H groups in total. The Morgan fingerprint density at radius 3 is 2.63 bits per heavy atom. The number of carbonyl (C=O) groups is 1. The van der Waals surface area contributed by atoms with Gasteiger partial charge in [0.25, 0.3) is 0 Å². The zero-order valence-electron chi connectivity index (χ0n) is 10.9. The van der Waals surface area contributed by atoms with Crippen LogP contribution in [0, 0.1) is 0 Å². The van der Waals surface area contributed by atoms with Crippen molar-refractivity contribution in [3.63, 3.8) is 0 Å². The second-order valence-electron chi connectivity index (χ2n) is 4.92. The molecule has 1 fully saturated rings. The molecular formula is C14H18ClNO3. The molecule has 104 valence electrons. The van der Waals surface area contributed by atoms with Crippen LogP contribution in [-0.2, 0) is 15.1 Å². The minimum atomic E-state index is -0.825. The summed E-state index contributed by atoms with van der Waals surface area (Å²) in [5, 5.41) is 9.84. The first-order valence-corrected chi connectivity index (χ1v) is 6.71. The summed E-state index contributed by atoms with van der Waals surface area (Å²) in [6.45, 7) is 4.62. The van der Waals surface area contributed by atoms with Gasteiger partial charge in [0.1, 0.15) is 0 Å². The number of halogens is 1. The topological polar surface area (TPSA) is 49.8 Å². The highest BCUT2D eigenvalue weighted by Gasteiger charge is 2.38. The quantitative estimate of drug-likeness (QED) is 0.922. The van der Waals surface area contributed by atoms with E-state index in [0.717, 1.165) is 18.7 Å². The fraction of sp³-hybridized carbons (Fsp3) is 0.500. The number of hydrogen-bond donors (Lipinski definition) is 1. The summed E-state index contributed by atoms with van der Waals surface area (Å²) in [7, 11) is 0. The van der Waals surface area contributed by atoms with E-state index in [9.17, 15) is 9.90 Å². The van der Waals surface area contributed by atoms with Crippen molar-refractivity contribution in [2.45, 2.75) is 18.9 Å². The maximum Gasteiger partial charge on any atom is 0.305 e. The number of morpholine rings is 1. The molecule has 4 nitrogen and oxygen atoms in total. The number of carboxylic acid groups (broad SMARTS) is 1. The van der Waals surface area contributed by atoms with Crippen molar-refractivity contribution in [1.82, 2.24) is 4.90 Å². The molecule has 0 spiro atoms. The van der Waals surface area contributed by atoms with Crippen molar-refractivity contribution < 1.29 is 14.6 Å². The lowest BCUT2D eigenvalue weighted by Crippen LogP contribution is -2.50. The van der Waals surface area contributed by atoms with Gasteiger partial charge in [-0.1, -0.05) is 29.8 Å². The van der Waals surface area contributed by atoms with Gasteiger partial charge in [0, 0.05) is 18.1 Å². The molecule has 0 aliphatic carbocycles. The lowest BCUT2D eigenvalue weighted by molar-refractivity contribution is -0.141. The third-order valence-electron chi connectivity index (χ3n) is 3.66. The zero-order chi connectivity index (χ0) is 13.9. The van der Waals surface area contributed by atoms with Gasteiger partial charge in [-0.15, -0.1) is 0 Å². The lowest BCUT2D eigenvalue weighted by Gasteiger charge is -2.43. The highest BCUT2D eigenvalue weighted by Crippen LogP contribution is 2.36. The van der Waals surface area contributed by atoms with E-state index >= 15 is 0 Å². The summed E-state index contributed by atoms with van der Waals surface area (Å²) in [6.07, 6.45) is 0.0245. The second-order valence-corrected chi connectivity index (χ2v) is 5.33. The lowest BCUT2D eigenvalue weighted by atomic mass is 9.86. The molecule has 1 saturated heterocycles. The first-order valence-electron chi connectivity index (χ1n) is 6.33. The molecule has 1 aromatic carbocycles. The SMILES string of the molecule is CC(CC(=O)O)(c1ccccc1Cl)N1CCOCC1. The van der Waals surface area contributed by atoms with Crippen LogP contribution in [0.2, 0.25) is 5.02 Å². The normalized spacial score (nSPS) is 19.9. The van der Waals surface area contributed by atoms with Gasteiger partial charge >= 0.3 is 5.97 Å². The first kappa shape index (κ1) is 14.3. The average Bonchev–Trinajstić information content (AvgIpc) is 2.39. The van der Waals surface area contributed by atoms with Crippen molar-refractivity contribution in [2.24, 2.45) is 0 Å². The Hall–Kier alpha value is -1.10. The van der Waals surface area contributed by atoms with Crippen molar-refractivity contribution in [1.29, 1.82) is 0 Å². The molecule has 1 atom stereocenters. The van der Waals surface area contributed by atoms with Crippen LogP contribution in [0.4, 0.5) is 0 Å². The van der Waals surface area contributed by atoms with Crippen molar-refractivity contribution in [3.8, 4) is 0 Å². The molecule has 1 aliphatic heterocycles.